The van der Waals surface area contributed by atoms with Gasteiger partial charge in [-0.25, -0.2) is 4.98 Å². The van der Waals surface area contributed by atoms with E-state index in [4.69, 9.17) is 18.9 Å². The van der Waals surface area contributed by atoms with Crippen molar-refractivity contribution in [2.75, 3.05) is 33.8 Å². The number of carbonyl (C=O) groups excluding carboxylic acids is 1. The minimum absolute atomic E-state index is 0.283. The zero-order valence-electron chi connectivity index (χ0n) is 15.9. The second-order valence-corrected chi connectivity index (χ2v) is 6.49. The number of benzene rings is 2. The zero-order valence-corrected chi connectivity index (χ0v) is 16.8. The first-order valence-corrected chi connectivity index (χ1v) is 9.19. The lowest BCUT2D eigenvalue weighted by atomic mass is 10.1. The maximum absolute atomic E-state index is 12.5. The number of hydrogen-bond donors (Lipinski definition) is 1. The number of rotatable bonds is 7. The van der Waals surface area contributed by atoms with Crippen molar-refractivity contribution in [3.63, 3.8) is 0 Å². The van der Waals surface area contributed by atoms with Gasteiger partial charge in [-0.3, -0.25) is 10.1 Å². The van der Waals surface area contributed by atoms with Gasteiger partial charge in [-0.15, -0.1) is 11.3 Å². The van der Waals surface area contributed by atoms with Gasteiger partial charge >= 0.3 is 0 Å². The molecule has 3 aromatic rings. The summed E-state index contributed by atoms with van der Waals surface area (Å²) in [5.74, 6) is 2.02. The summed E-state index contributed by atoms with van der Waals surface area (Å²) in [4.78, 5) is 17.0. The smallest absolute Gasteiger partial charge is 0.257 e. The molecule has 0 aliphatic rings. The Kier molecular flexibility index (Phi) is 6.00. The predicted molar refractivity (Wildman–Crippen MR) is 108 cm³/mol. The van der Waals surface area contributed by atoms with E-state index in [0.717, 1.165) is 11.3 Å². The Hall–Kier alpha value is -3.26. The standard InChI is InChI=1S/C20H20N2O5S/c1-24-15-7-5-12(9-17(15)26-3)14-11-28-20(21-14)22-19(23)13-6-8-16(25-2)18(10-13)27-4/h5-11H,1-4H3,(H,21,22,23). The van der Waals surface area contributed by atoms with Gasteiger partial charge in [-0.2, -0.15) is 0 Å². The molecule has 0 fully saturated rings. The monoisotopic (exact) mass is 400 g/mol. The van der Waals surface area contributed by atoms with Gasteiger partial charge in [0.2, 0.25) is 0 Å². The Labute approximate surface area is 166 Å². The molecule has 7 nitrogen and oxygen atoms in total. The van der Waals surface area contributed by atoms with E-state index in [-0.39, 0.29) is 5.91 Å². The van der Waals surface area contributed by atoms with Gasteiger partial charge in [0.25, 0.3) is 5.91 Å². The SMILES string of the molecule is COc1ccc(C(=O)Nc2nc(-c3ccc(OC)c(OC)c3)cs2)cc1OC. The Bertz CT molecular complexity index is 986. The molecule has 0 unspecified atom stereocenters. The van der Waals surface area contributed by atoms with Crippen LogP contribution in [0.2, 0.25) is 0 Å². The molecule has 8 heteroatoms. The zero-order chi connectivity index (χ0) is 20.1. The Balaban J connectivity index is 1.78. The average Bonchev–Trinajstić information content (AvgIpc) is 3.20. The minimum Gasteiger partial charge on any atom is -0.493 e. The molecular weight excluding hydrogens is 380 g/mol. The Morgan fingerprint density at radius 1 is 0.857 bits per heavy atom. The van der Waals surface area contributed by atoms with Crippen LogP contribution in [0.4, 0.5) is 5.13 Å². The van der Waals surface area contributed by atoms with Crippen molar-refractivity contribution < 1.29 is 23.7 Å². The lowest BCUT2D eigenvalue weighted by Crippen LogP contribution is -2.12. The summed E-state index contributed by atoms with van der Waals surface area (Å²) >= 11 is 1.34. The van der Waals surface area contributed by atoms with Crippen LogP contribution in [0.1, 0.15) is 10.4 Å². The van der Waals surface area contributed by atoms with Crippen LogP contribution in [0.15, 0.2) is 41.8 Å². The van der Waals surface area contributed by atoms with Crippen LogP contribution >= 0.6 is 11.3 Å². The van der Waals surface area contributed by atoms with Gasteiger partial charge in [0.1, 0.15) is 0 Å². The number of methoxy groups -OCH3 is 4. The number of nitrogens with zero attached hydrogens (tertiary/aromatic N) is 1. The first-order valence-electron chi connectivity index (χ1n) is 8.31. The third-order valence-corrected chi connectivity index (χ3v) is 4.81. The highest BCUT2D eigenvalue weighted by Crippen LogP contribution is 2.34. The summed E-state index contributed by atoms with van der Waals surface area (Å²) in [6.07, 6.45) is 0. The highest BCUT2D eigenvalue weighted by molar-refractivity contribution is 7.14. The van der Waals surface area contributed by atoms with Crippen LogP contribution < -0.4 is 24.3 Å². The van der Waals surface area contributed by atoms with Crippen LogP contribution in [-0.2, 0) is 0 Å². The normalized spacial score (nSPS) is 10.3. The van der Waals surface area contributed by atoms with Crippen molar-refractivity contribution in [2.45, 2.75) is 0 Å². The first-order chi connectivity index (χ1) is 13.6. The molecule has 0 aliphatic heterocycles. The lowest BCUT2D eigenvalue weighted by Gasteiger charge is -2.09. The van der Waals surface area contributed by atoms with E-state index in [1.165, 1.54) is 18.4 Å². The molecule has 1 aromatic heterocycles. The van der Waals surface area contributed by atoms with Crippen LogP contribution in [0.25, 0.3) is 11.3 Å². The third-order valence-electron chi connectivity index (χ3n) is 4.05. The van der Waals surface area contributed by atoms with Crippen LogP contribution in [0, 0.1) is 0 Å². The highest BCUT2D eigenvalue weighted by atomic mass is 32.1. The van der Waals surface area contributed by atoms with E-state index in [2.05, 4.69) is 10.3 Å². The quantitative estimate of drug-likeness (QED) is 0.643. The number of nitrogens with one attached hydrogen (secondary N) is 1. The van der Waals surface area contributed by atoms with Crippen molar-refractivity contribution in [3.8, 4) is 34.3 Å². The molecule has 1 amide bonds. The molecule has 0 aliphatic carbocycles. The Morgan fingerprint density at radius 3 is 2.11 bits per heavy atom. The number of anilines is 1. The fraction of sp³-hybridized carbons (Fsp3) is 0.200. The van der Waals surface area contributed by atoms with Gasteiger partial charge in [-0.1, -0.05) is 0 Å². The number of aromatic nitrogens is 1. The van der Waals surface area contributed by atoms with Crippen molar-refractivity contribution in [1.82, 2.24) is 4.98 Å². The summed E-state index contributed by atoms with van der Waals surface area (Å²) in [5.41, 5.74) is 2.04. The van der Waals surface area contributed by atoms with Crippen molar-refractivity contribution in [3.05, 3.63) is 47.3 Å². The van der Waals surface area contributed by atoms with E-state index in [1.807, 2.05) is 23.6 Å². The van der Waals surface area contributed by atoms with Gasteiger partial charge < -0.3 is 18.9 Å². The second-order valence-electron chi connectivity index (χ2n) is 5.63. The maximum atomic E-state index is 12.5. The van der Waals surface area contributed by atoms with Crippen molar-refractivity contribution in [1.29, 1.82) is 0 Å². The number of thiazole rings is 1. The summed E-state index contributed by atoms with van der Waals surface area (Å²) in [7, 11) is 6.23. The first kappa shape index (κ1) is 19.5. The number of amides is 1. The predicted octanol–water partition coefficient (Wildman–Crippen LogP) is 4.10. The largest absolute Gasteiger partial charge is 0.493 e. The van der Waals surface area contributed by atoms with E-state index < -0.39 is 0 Å². The van der Waals surface area contributed by atoms with Gasteiger partial charge in [-0.05, 0) is 36.4 Å². The average molecular weight is 400 g/mol. The van der Waals surface area contributed by atoms with Gasteiger partial charge in [0.15, 0.2) is 28.1 Å². The molecule has 28 heavy (non-hydrogen) atoms. The Morgan fingerprint density at radius 2 is 1.46 bits per heavy atom. The van der Waals surface area contributed by atoms with E-state index in [0.29, 0.717) is 33.7 Å². The van der Waals surface area contributed by atoms with Crippen molar-refractivity contribution >= 4 is 22.4 Å². The molecule has 146 valence electrons. The van der Waals surface area contributed by atoms with Crippen molar-refractivity contribution in [2.24, 2.45) is 0 Å². The third kappa shape index (κ3) is 4.01. The molecule has 1 N–H and O–H groups in total. The molecule has 2 aromatic carbocycles. The topological polar surface area (TPSA) is 78.9 Å². The number of carbonyl (C=O) groups is 1. The second kappa shape index (κ2) is 8.62. The van der Waals surface area contributed by atoms with Gasteiger partial charge in [0, 0.05) is 16.5 Å². The highest BCUT2D eigenvalue weighted by Gasteiger charge is 2.14. The fourth-order valence-electron chi connectivity index (χ4n) is 2.61. The molecule has 0 saturated carbocycles. The molecule has 0 bridgehead atoms. The maximum Gasteiger partial charge on any atom is 0.257 e. The van der Waals surface area contributed by atoms with Crippen LogP contribution in [0.3, 0.4) is 0 Å². The molecule has 0 atom stereocenters. The number of hydrogen-bond acceptors (Lipinski definition) is 7. The summed E-state index contributed by atoms with van der Waals surface area (Å²) in [6.45, 7) is 0. The summed E-state index contributed by atoms with van der Waals surface area (Å²) in [5, 5.41) is 5.16. The van der Waals surface area contributed by atoms with E-state index in [1.54, 1.807) is 39.5 Å². The van der Waals surface area contributed by atoms with E-state index >= 15 is 0 Å². The number of ether oxygens (including phenoxy) is 4. The molecule has 1 heterocycles. The molecular formula is C20H20N2O5S. The molecule has 3 rings (SSSR count). The molecule has 0 radical (unpaired) electrons. The summed E-state index contributed by atoms with van der Waals surface area (Å²) < 4.78 is 21.0. The lowest BCUT2D eigenvalue weighted by molar-refractivity contribution is 0.102. The molecule has 0 saturated heterocycles. The van der Waals surface area contributed by atoms with Crippen LogP contribution in [0.5, 0.6) is 23.0 Å². The fourth-order valence-corrected chi connectivity index (χ4v) is 3.32. The van der Waals surface area contributed by atoms with E-state index in [9.17, 15) is 4.79 Å². The molecule has 0 spiro atoms. The summed E-state index contributed by atoms with van der Waals surface area (Å²) in [6, 6.07) is 10.5. The van der Waals surface area contributed by atoms with Crippen LogP contribution in [-0.4, -0.2) is 39.3 Å². The minimum atomic E-state index is -0.283. The van der Waals surface area contributed by atoms with Gasteiger partial charge in [0.05, 0.1) is 34.1 Å².